The van der Waals surface area contributed by atoms with Gasteiger partial charge in [-0.2, -0.15) is 0 Å². The number of anilines is 2. The fourth-order valence-corrected chi connectivity index (χ4v) is 3.19. The number of fused-ring (bicyclic) bond motifs is 2. The Balaban J connectivity index is 1.66. The molecule has 21 heavy (non-hydrogen) atoms. The monoisotopic (exact) mass is 275 g/mol. The first-order chi connectivity index (χ1) is 10.3. The largest absolute Gasteiger partial charge is 0.398 e. The van der Waals surface area contributed by atoms with Crippen LogP contribution in [0.25, 0.3) is 10.9 Å². The number of nitrogens with zero attached hydrogens (tertiary/aromatic N) is 1. The fourth-order valence-electron chi connectivity index (χ4n) is 3.19. The maximum Gasteiger partial charge on any atom is 0.0953 e. The molecule has 1 heterocycles. The molecule has 0 atom stereocenters. The second-order valence-electron chi connectivity index (χ2n) is 5.62. The van der Waals surface area contributed by atoms with Crippen LogP contribution in [0.15, 0.2) is 54.7 Å². The van der Waals surface area contributed by atoms with Crippen LogP contribution in [0.1, 0.15) is 11.1 Å². The SMILES string of the molecule is Nc1ccc(NC2Cc3ccccc3C2)c2ncccc12. The Kier molecular flexibility index (Phi) is 2.78. The van der Waals surface area contributed by atoms with Crippen molar-refractivity contribution >= 4 is 22.3 Å². The first kappa shape index (κ1) is 12.2. The minimum atomic E-state index is 0.427. The van der Waals surface area contributed by atoms with Crippen LogP contribution < -0.4 is 11.1 Å². The van der Waals surface area contributed by atoms with E-state index < -0.39 is 0 Å². The molecule has 1 aromatic heterocycles. The summed E-state index contributed by atoms with van der Waals surface area (Å²) in [6, 6.07) is 17.0. The van der Waals surface area contributed by atoms with Crippen LogP contribution in [0.4, 0.5) is 11.4 Å². The number of pyridine rings is 1. The zero-order valence-electron chi connectivity index (χ0n) is 11.7. The Labute approximate surface area is 123 Å². The molecule has 1 aliphatic rings. The van der Waals surface area contributed by atoms with E-state index in [-0.39, 0.29) is 0 Å². The van der Waals surface area contributed by atoms with Gasteiger partial charge in [-0.1, -0.05) is 24.3 Å². The van der Waals surface area contributed by atoms with Gasteiger partial charge in [0.2, 0.25) is 0 Å². The highest BCUT2D eigenvalue weighted by atomic mass is 14.9. The molecule has 0 spiro atoms. The minimum absolute atomic E-state index is 0.427. The summed E-state index contributed by atoms with van der Waals surface area (Å²) < 4.78 is 0. The summed E-state index contributed by atoms with van der Waals surface area (Å²) in [5.74, 6) is 0. The van der Waals surface area contributed by atoms with Crippen molar-refractivity contribution in [1.29, 1.82) is 0 Å². The molecule has 3 nitrogen and oxygen atoms in total. The van der Waals surface area contributed by atoms with Crippen LogP contribution in [-0.2, 0) is 12.8 Å². The quantitative estimate of drug-likeness (QED) is 0.705. The molecule has 0 radical (unpaired) electrons. The Morgan fingerprint density at radius 3 is 2.48 bits per heavy atom. The van der Waals surface area contributed by atoms with E-state index in [1.54, 1.807) is 0 Å². The lowest BCUT2D eigenvalue weighted by atomic mass is 10.1. The number of aromatic nitrogens is 1. The Bertz CT molecular complexity index is 785. The van der Waals surface area contributed by atoms with Crippen molar-refractivity contribution in [3.8, 4) is 0 Å². The molecule has 0 fully saturated rings. The first-order valence-corrected chi connectivity index (χ1v) is 7.28. The van der Waals surface area contributed by atoms with E-state index >= 15 is 0 Å². The third kappa shape index (κ3) is 2.11. The molecule has 0 aliphatic heterocycles. The van der Waals surface area contributed by atoms with E-state index in [4.69, 9.17) is 5.73 Å². The normalized spacial score (nSPS) is 14.3. The number of nitrogens with one attached hydrogen (secondary N) is 1. The predicted molar refractivity (Wildman–Crippen MR) is 87.4 cm³/mol. The molecule has 104 valence electrons. The van der Waals surface area contributed by atoms with Crippen molar-refractivity contribution in [2.24, 2.45) is 0 Å². The molecule has 4 rings (SSSR count). The Morgan fingerprint density at radius 1 is 0.952 bits per heavy atom. The van der Waals surface area contributed by atoms with Crippen LogP contribution in [0.3, 0.4) is 0 Å². The van der Waals surface area contributed by atoms with Crippen molar-refractivity contribution in [2.75, 3.05) is 11.1 Å². The van der Waals surface area contributed by atoms with Gasteiger partial charge in [0.05, 0.1) is 11.2 Å². The number of nitrogens with two attached hydrogens (primary N) is 1. The molecule has 3 heteroatoms. The molecule has 3 N–H and O–H groups in total. The molecule has 0 saturated carbocycles. The van der Waals surface area contributed by atoms with E-state index in [2.05, 4.69) is 34.6 Å². The minimum Gasteiger partial charge on any atom is -0.398 e. The zero-order valence-corrected chi connectivity index (χ0v) is 11.7. The molecule has 0 amide bonds. The topological polar surface area (TPSA) is 50.9 Å². The fraction of sp³-hybridized carbons (Fsp3) is 0.167. The molecular formula is C18H17N3. The molecule has 0 unspecified atom stereocenters. The summed E-state index contributed by atoms with van der Waals surface area (Å²) in [5, 5.41) is 4.65. The van der Waals surface area contributed by atoms with Crippen molar-refractivity contribution < 1.29 is 0 Å². The van der Waals surface area contributed by atoms with Crippen LogP contribution in [0.2, 0.25) is 0 Å². The summed E-state index contributed by atoms with van der Waals surface area (Å²) >= 11 is 0. The van der Waals surface area contributed by atoms with Gasteiger partial charge in [-0.25, -0.2) is 0 Å². The predicted octanol–water partition coefficient (Wildman–Crippen LogP) is 3.40. The standard InChI is InChI=1S/C18H17N3/c19-16-7-8-17(18-15(16)6-3-9-20-18)21-14-10-12-4-1-2-5-13(12)11-14/h1-9,14,21H,10-11,19H2. The number of nitrogen functional groups attached to an aromatic ring is 1. The summed E-state index contributed by atoms with van der Waals surface area (Å²) in [4.78, 5) is 4.49. The van der Waals surface area contributed by atoms with E-state index in [1.807, 2.05) is 30.5 Å². The van der Waals surface area contributed by atoms with Gasteiger partial charge in [0, 0.05) is 23.3 Å². The van der Waals surface area contributed by atoms with E-state index in [0.717, 1.165) is 35.1 Å². The van der Waals surface area contributed by atoms with Crippen molar-refractivity contribution in [2.45, 2.75) is 18.9 Å². The van der Waals surface area contributed by atoms with Gasteiger partial charge >= 0.3 is 0 Å². The molecular weight excluding hydrogens is 258 g/mol. The van der Waals surface area contributed by atoms with Crippen LogP contribution >= 0.6 is 0 Å². The summed E-state index contributed by atoms with van der Waals surface area (Å²) in [6.07, 6.45) is 3.94. The lowest BCUT2D eigenvalue weighted by Crippen LogP contribution is -2.19. The Hall–Kier alpha value is -2.55. The van der Waals surface area contributed by atoms with Crippen LogP contribution in [0.5, 0.6) is 0 Å². The van der Waals surface area contributed by atoms with Gasteiger partial charge in [0.1, 0.15) is 0 Å². The van der Waals surface area contributed by atoms with Crippen molar-refractivity contribution in [3.63, 3.8) is 0 Å². The number of hydrogen-bond donors (Lipinski definition) is 2. The number of rotatable bonds is 2. The smallest absolute Gasteiger partial charge is 0.0953 e. The van der Waals surface area contributed by atoms with Gasteiger partial charge < -0.3 is 11.1 Å². The van der Waals surface area contributed by atoms with Gasteiger partial charge in [-0.3, -0.25) is 4.98 Å². The molecule has 0 saturated heterocycles. The van der Waals surface area contributed by atoms with E-state index in [1.165, 1.54) is 11.1 Å². The second kappa shape index (κ2) is 4.77. The average Bonchev–Trinajstić information content (AvgIpc) is 2.93. The first-order valence-electron chi connectivity index (χ1n) is 7.28. The highest BCUT2D eigenvalue weighted by molar-refractivity contribution is 5.98. The van der Waals surface area contributed by atoms with Gasteiger partial charge in [-0.15, -0.1) is 0 Å². The second-order valence-corrected chi connectivity index (χ2v) is 5.62. The van der Waals surface area contributed by atoms with Gasteiger partial charge in [-0.05, 0) is 48.2 Å². The third-order valence-electron chi connectivity index (χ3n) is 4.21. The molecule has 2 aromatic carbocycles. The maximum absolute atomic E-state index is 6.03. The van der Waals surface area contributed by atoms with Gasteiger partial charge in [0.15, 0.2) is 0 Å². The number of hydrogen-bond acceptors (Lipinski definition) is 3. The van der Waals surface area contributed by atoms with Crippen molar-refractivity contribution in [3.05, 3.63) is 65.9 Å². The third-order valence-corrected chi connectivity index (χ3v) is 4.21. The van der Waals surface area contributed by atoms with E-state index in [9.17, 15) is 0 Å². The highest BCUT2D eigenvalue weighted by Crippen LogP contribution is 2.29. The summed E-state index contributed by atoms with van der Waals surface area (Å²) in [6.45, 7) is 0. The van der Waals surface area contributed by atoms with E-state index in [0.29, 0.717) is 6.04 Å². The molecule has 1 aliphatic carbocycles. The number of benzene rings is 2. The van der Waals surface area contributed by atoms with Crippen molar-refractivity contribution in [1.82, 2.24) is 4.98 Å². The molecule has 0 bridgehead atoms. The van der Waals surface area contributed by atoms with Crippen LogP contribution in [-0.4, -0.2) is 11.0 Å². The average molecular weight is 275 g/mol. The lowest BCUT2D eigenvalue weighted by molar-refractivity contribution is 0.775. The summed E-state index contributed by atoms with van der Waals surface area (Å²) in [7, 11) is 0. The van der Waals surface area contributed by atoms with Gasteiger partial charge in [0.25, 0.3) is 0 Å². The van der Waals surface area contributed by atoms with Crippen LogP contribution in [0, 0.1) is 0 Å². The summed E-state index contributed by atoms with van der Waals surface area (Å²) in [5.41, 5.74) is 11.7. The maximum atomic E-state index is 6.03. The zero-order chi connectivity index (χ0) is 14.2. The Morgan fingerprint density at radius 2 is 1.71 bits per heavy atom. The lowest BCUT2D eigenvalue weighted by Gasteiger charge is -2.16. The molecule has 3 aromatic rings. The highest BCUT2D eigenvalue weighted by Gasteiger charge is 2.21.